The number of ketones is 1. The quantitative estimate of drug-likeness (QED) is 0.785. The second-order valence-corrected chi connectivity index (χ2v) is 4.26. The van der Waals surface area contributed by atoms with E-state index in [1.54, 1.807) is 13.0 Å². The monoisotopic (exact) mass is 215 g/mol. The normalized spacial score (nSPS) is 20.4. The molecule has 1 aliphatic heterocycles. The van der Waals surface area contributed by atoms with Crippen LogP contribution in [-0.2, 0) is 4.79 Å². The van der Waals surface area contributed by atoms with Crippen LogP contribution < -0.4 is 5.32 Å². The van der Waals surface area contributed by atoms with Gasteiger partial charge in [-0.15, -0.1) is 0 Å². The lowest BCUT2D eigenvalue weighted by Gasteiger charge is -2.10. The standard InChI is InChI=1S/C14H17NO/c1-11(16)4-5-12-6-8-13(9-7-12)14-3-2-10-15-14/h4-9,14-15H,2-3,10H2,1H3/b5-4+/t14-/m1/s1. The zero-order chi connectivity index (χ0) is 11.4. The lowest BCUT2D eigenvalue weighted by molar-refractivity contribution is -0.112. The number of carbonyl (C=O) groups excluding carboxylic acids is 1. The molecule has 2 nitrogen and oxygen atoms in total. The van der Waals surface area contributed by atoms with Gasteiger partial charge in [-0.2, -0.15) is 0 Å². The first-order valence-electron chi connectivity index (χ1n) is 5.78. The van der Waals surface area contributed by atoms with Gasteiger partial charge in [0.25, 0.3) is 0 Å². The Morgan fingerprint density at radius 3 is 2.69 bits per heavy atom. The van der Waals surface area contributed by atoms with E-state index in [-0.39, 0.29) is 5.78 Å². The van der Waals surface area contributed by atoms with Gasteiger partial charge in [-0.3, -0.25) is 4.79 Å². The molecular weight excluding hydrogens is 198 g/mol. The molecule has 1 aliphatic rings. The fourth-order valence-electron chi connectivity index (χ4n) is 2.02. The number of benzene rings is 1. The van der Waals surface area contributed by atoms with Crippen molar-refractivity contribution in [1.29, 1.82) is 0 Å². The minimum Gasteiger partial charge on any atom is -0.310 e. The van der Waals surface area contributed by atoms with Gasteiger partial charge in [0, 0.05) is 6.04 Å². The number of rotatable bonds is 3. The summed E-state index contributed by atoms with van der Waals surface area (Å²) in [5, 5.41) is 3.47. The van der Waals surface area contributed by atoms with Gasteiger partial charge in [-0.05, 0) is 43.5 Å². The van der Waals surface area contributed by atoms with Crippen molar-refractivity contribution in [1.82, 2.24) is 5.32 Å². The van der Waals surface area contributed by atoms with E-state index in [2.05, 4.69) is 29.6 Å². The zero-order valence-electron chi connectivity index (χ0n) is 9.57. The fourth-order valence-corrected chi connectivity index (χ4v) is 2.02. The van der Waals surface area contributed by atoms with Gasteiger partial charge < -0.3 is 5.32 Å². The Labute approximate surface area is 96.4 Å². The Bertz CT molecular complexity index is 386. The summed E-state index contributed by atoms with van der Waals surface area (Å²) in [6.07, 6.45) is 5.94. The third-order valence-electron chi connectivity index (χ3n) is 2.91. The first-order valence-corrected chi connectivity index (χ1v) is 5.78. The minimum atomic E-state index is 0.0848. The van der Waals surface area contributed by atoms with E-state index in [0.717, 1.165) is 12.1 Å². The highest BCUT2D eigenvalue weighted by atomic mass is 16.1. The summed E-state index contributed by atoms with van der Waals surface area (Å²) in [4.78, 5) is 10.8. The van der Waals surface area contributed by atoms with E-state index in [1.807, 2.05) is 6.08 Å². The molecule has 1 saturated heterocycles. The third kappa shape index (κ3) is 2.80. The van der Waals surface area contributed by atoms with Gasteiger partial charge in [0.1, 0.15) is 0 Å². The van der Waals surface area contributed by atoms with E-state index in [0.29, 0.717) is 6.04 Å². The van der Waals surface area contributed by atoms with Gasteiger partial charge >= 0.3 is 0 Å². The number of hydrogen-bond acceptors (Lipinski definition) is 2. The molecule has 1 heterocycles. The van der Waals surface area contributed by atoms with Crippen molar-refractivity contribution < 1.29 is 4.79 Å². The predicted octanol–water partition coefficient (Wildman–Crippen LogP) is 2.71. The third-order valence-corrected chi connectivity index (χ3v) is 2.91. The van der Waals surface area contributed by atoms with Crippen LogP contribution in [-0.4, -0.2) is 12.3 Å². The molecule has 0 aromatic heterocycles. The highest BCUT2D eigenvalue weighted by molar-refractivity contribution is 5.91. The van der Waals surface area contributed by atoms with Crippen LogP contribution in [0.1, 0.15) is 36.9 Å². The molecule has 2 heteroatoms. The lowest BCUT2D eigenvalue weighted by atomic mass is 10.0. The topological polar surface area (TPSA) is 29.1 Å². The van der Waals surface area contributed by atoms with Crippen LogP contribution in [0.4, 0.5) is 0 Å². The number of hydrogen-bond donors (Lipinski definition) is 1. The number of allylic oxidation sites excluding steroid dienone is 1. The Hall–Kier alpha value is -1.41. The van der Waals surface area contributed by atoms with Crippen LogP contribution in [0.2, 0.25) is 0 Å². The van der Waals surface area contributed by atoms with Gasteiger partial charge in [0.15, 0.2) is 5.78 Å². The number of carbonyl (C=O) groups is 1. The van der Waals surface area contributed by atoms with Crippen molar-refractivity contribution in [2.75, 3.05) is 6.54 Å². The first kappa shape index (κ1) is 11.1. The molecule has 0 aliphatic carbocycles. The SMILES string of the molecule is CC(=O)/C=C/c1ccc([C@H]2CCCN2)cc1. The average molecular weight is 215 g/mol. The molecule has 1 N–H and O–H groups in total. The van der Waals surface area contributed by atoms with Crippen molar-refractivity contribution in [2.45, 2.75) is 25.8 Å². The molecule has 0 bridgehead atoms. The average Bonchev–Trinajstić information content (AvgIpc) is 2.80. The van der Waals surface area contributed by atoms with Crippen LogP contribution in [0.5, 0.6) is 0 Å². The van der Waals surface area contributed by atoms with E-state index in [4.69, 9.17) is 0 Å². The van der Waals surface area contributed by atoms with E-state index in [9.17, 15) is 4.79 Å². The van der Waals surface area contributed by atoms with Gasteiger partial charge in [-0.1, -0.05) is 30.3 Å². The van der Waals surface area contributed by atoms with Gasteiger partial charge in [0.05, 0.1) is 0 Å². The molecule has 16 heavy (non-hydrogen) atoms. The molecular formula is C14H17NO. The molecule has 1 fully saturated rings. The van der Waals surface area contributed by atoms with Crippen molar-refractivity contribution in [2.24, 2.45) is 0 Å². The highest BCUT2D eigenvalue weighted by Crippen LogP contribution is 2.23. The van der Waals surface area contributed by atoms with E-state index in [1.165, 1.54) is 18.4 Å². The molecule has 0 amide bonds. The zero-order valence-corrected chi connectivity index (χ0v) is 9.57. The summed E-state index contributed by atoms with van der Waals surface area (Å²) < 4.78 is 0. The molecule has 1 aromatic carbocycles. The molecule has 0 unspecified atom stereocenters. The van der Waals surface area contributed by atoms with Crippen molar-refractivity contribution >= 4 is 11.9 Å². The maximum atomic E-state index is 10.8. The molecule has 2 rings (SSSR count). The second kappa shape index (κ2) is 5.08. The van der Waals surface area contributed by atoms with Crippen LogP contribution in [0.15, 0.2) is 30.3 Å². The van der Waals surface area contributed by atoms with Gasteiger partial charge in [0.2, 0.25) is 0 Å². The van der Waals surface area contributed by atoms with Crippen LogP contribution in [0.3, 0.4) is 0 Å². The maximum absolute atomic E-state index is 10.8. The molecule has 1 aromatic rings. The van der Waals surface area contributed by atoms with Crippen LogP contribution in [0.25, 0.3) is 6.08 Å². The smallest absolute Gasteiger partial charge is 0.152 e. The molecule has 1 atom stereocenters. The summed E-state index contributed by atoms with van der Waals surface area (Å²) in [6.45, 7) is 2.68. The predicted molar refractivity (Wildman–Crippen MR) is 66.1 cm³/mol. The fraction of sp³-hybridized carbons (Fsp3) is 0.357. The Kier molecular flexibility index (Phi) is 3.52. The first-order chi connectivity index (χ1) is 7.75. The Balaban J connectivity index is 2.06. The van der Waals surface area contributed by atoms with E-state index < -0.39 is 0 Å². The van der Waals surface area contributed by atoms with Crippen molar-refractivity contribution in [3.63, 3.8) is 0 Å². The molecule has 0 saturated carbocycles. The lowest BCUT2D eigenvalue weighted by Crippen LogP contribution is -2.12. The second-order valence-electron chi connectivity index (χ2n) is 4.26. The van der Waals surface area contributed by atoms with E-state index >= 15 is 0 Å². The summed E-state index contributed by atoms with van der Waals surface area (Å²) in [5.41, 5.74) is 2.43. The number of nitrogens with one attached hydrogen (secondary N) is 1. The molecule has 0 spiro atoms. The summed E-state index contributed by atoms with van der Waals surface area (Å²) in [6, 6.07) is 8.93. The Morgan fingerprint density at radius 2 is 2.12 bits per heavy atom. The van der Waals surface area contributed by atoms with Crippen LogP contribution >= 0.6 is 0 Å². The van der Waals surface area contributed by atoms with Crippen LogP contribution in [0, 0.1) is 0 Å². The highest BCUT2D eigenvalue weighted by Gasteiger charge is 2.15. The summed E-state index contributed by atoms with van der Waals surface area (Å²) >= 11 is 0. The maximum Gasteiger partial charge on any atom is 0.152 e. The summed E-state index contributed by atoms with van der Waals surface area (Å²) in [5.74, 6) is 0.0848. The Morgan fingerprint density at radius 1 is 1.38 bits per heavy atom. The molecule has 0 radical (unpaired) electrons. The minimum absolute atomic E-state index is 0.0848. The van der Waals surface area contributed by atoms with Gasteiger partial charge in [-0.25, -0.2) is 0 Å². The largest absolute Gasteiger partial charge is 0.310 e. The summed E-state index contributed by atoms with van der Waals surface area (Å²) in [7, 11) is 0. The van der Waals surface area contributed by atoms with Crippen molar-refractivity contribution in [3.8, 4) is 0 Å². The molecule has 84 valence electrons. The van der Waals surface area contributed by atoms with Crippen molar-refractivity contribution in [3.05, 3.63) is 41.5 Å².